The van der Waals surface area contributed by atoms with Crippen LogP contribution >= 0.6 is 0 Å². The average molecular weight is 238 g/mol. The van der Waals surface area contributed by atoms with E-state index < -0.39 is 0 Å². The molecule has 1 N–H and O–H groups in total. The van der Waals surface area contributed by atoms with Gasteiger partial charge in [-0.3, -0.25) is 4.90 Å². The Labute approximate surface area is 107 Å². The molecular weight excluding hydrogens is 208 g/mol. The Balaban J connectivity index is 2.62. The van der Waals surface area contributed by atoms with E-state index in [2.05, 4.69) is 57.0 Å². The molecule has 2 unspecified atom stereocenters. The molecule has 1 heterocycles. The maximum atomic E-state index is 3.74. The van der Waals surface area contributed by atoms with Gasteiger partial charge >= 0.3 is 0 Å². The van der Waals surface area contributed by atoms with Crippen molar-refractivity contribution in [1.82, 2.24) is 10.2 Å². The highest BCUT2D eigenvalue weighted by atomic mass is 15.3. The minimum absolute atomic E-state index is 0.307. The Morgan fingerprint density at radius 2 is 2.18 bits per heavy atom. The standard InChI is InChI=1S/C15H30N2/c1-6-8-9-10-17-12-15(5,7-2)16-11-14(17)13(3)4/h6,8,13-14,16H,7,9-12H2,1-5H3/b8-6+. The zero-order valence-corrected chi connectivity index (χ0v) is 12.3. The molecule has 0 spiro atoms. The third kappa shape index (κ3) is 4.11. The van der Waals surface area contributed by atoms with Gasteiger partial charge < -0.3 is 5.32 Å². The predicted octanol–water partition coefficient (Wildman–Crippen LogP) is 3.05. The third-order valence-electron chi connectivity index (χ3n) is 4.13. The molecule has 2 heteroatoms. The first-order valence-corrected chi connectivity index (χ1v) is 7.12. The number of hydrogen-bond donors (Lipinski definition) is 1. The first-order chi connectivity index (χ1) is 8.02. The summed E-state index contributed by atoms with van der Waals surface area (Å²) in [4.78, 5) is 2.69. The Morgan fingerprint density at radius 3 is 2.71 bits per heavy atom. The first kappa shape index (κ1) is 14.7. The number of rotatable bonds is 5. The number of nitrogens with one attached hydrogen (secondary N) is 1. The molecule has 0 saturated carbocycles. The summed E-state index contributed by atoms with van der Waals surface area (Å²) in [5.41, 5.74) is 0.307. The van der Waals surface area contributed by atoms with Gasteiger partial charge in [0.2, 0.25) is 0 Å². The highest BCUT2D eigenvalue weighted by Crippen LogP contribution is 2.22. The molecule has 2 nitrogen and oxygen atoms in total. The zero-order valence-electron chi connectivity index (χ0n) is 12.3. The van der Waals surface area contributed by atoms with Gasteiger partial charge in [0, 0.05) is 31.2 Å². The normalized spacial score (nSPS) is 31.5. The van der Waals surface area contributed by atoms with E-state index in [0.717, 1.165) is 12.5 Å². The van der Waals surface area contributed by atoms with E-state index in [0.29, 0.717) is 11.6 Å². The van der Waals surface area contributed by atoms with Crippen LogP contribution in [0.1, 0.15) is 47.5 Å². The minimum Gasteiger partial charge on any atom is -0.309 e. The smallest absolute Gasteiger partial charge is 0.0278 e. The molecule has 1 aliphatic heterocycles. The fourth-order valence-corrected chi connectivity index (χ4v) is 2.65. The van der Waals surface area contributed by atoms with Crippen molar-refractivity contribution < 1.29 is 0 Å². The van der Waals surface area contributed by atoms with Crippen LogP contribution in [0.5, 0.6) is 0 Å². The second-order valence-electron chi connectivity index (χ2n) is 5.93. The molecule has 17 heavy (non-hydrogen) atoms. The summed E-state index contributed by atoms with van der Waals surface area (Å²) in [7, 11) is 0. The highest BCUT2D eigenvalue weighted by molar-refractivity contribution is 4.96. The van der Waals surface area contributed by atoms with E-state index >= 15 is 0 Å². The molecule has 0 aromatic rings. The molecule has 0 radical (unpaired) electrons. The topological polar surface area (TPSA) is 15.3 Å². The number of piperazine rings is 1. The van der Waals surface area contributed by atoms with Crippen LogP contribution in [0.15, 0.2) is 12.2 Å². The Kier molecular flexibility index (Phi) is 5.68. The zero-order chi connectivity index (χ0) is 12.9. The van der Waals surface area contributed by atoms with Crippen molar-refractivity contribution in [3.63, 3.8) is 0 Å². The fraction of sp³-hybridized carbons (Fsp3) is 0.867. The molecule has 0 aromatic carbocycles. The molecule has 1 saturated heterocycles. The Bertz CT molecular complexity index is 247. The van der Waals surface area contributed by atoms with E-state index in [9.17, 15) is 0 Å². The molecule has 100 valence electrons. The Hall–Kier alpha value is -0.340. The van der Waals surface area contributed by atoms with Crippen LogP contribution in [-0.2, 0) is 0 Å². The lowest BCUT2D eigenvalue weighted by molar-refractivity contribution is 0.0619. The van der Waals surface area contributed by atoms with Gasteiger partial charge in [0.05, 0.1) is 0 Å². The fourth-order valence-electron chi connectivity index (χ4n) is 2.65. The van der Waals surface area contributed by atoms with Crippen molar-refractivity contribution in [2.75, 3.05) is 19.6 Å². The van der Waals surface area contributed by atoms with Gasteiger partial charge in [-0.2, -0.15) is 0 Å². The maximum absolute atomic E-state index is 3.74. The number of nitrogens with zero attached hydrogens (tertiary/aromatic N) is 1. The largest absolute Gasteiger partial charge is 0.309 e. The molecule has 1 rings (SSSR count). The molecule has 0 amide bonds. The lowest BCUT2D eigenvalue weighted by Crippen LogP contribution is -2.63. The summed E-state index contributed by atoms with van der Waals surface area (Å²) in [5, 5.41) is 3.74. The van der Waals surface area contributed by atoms with Gasteiger partial charge in [0.15, 0.2) is 0 Å². The SMILES string of the molecule is C/C=C/CCN1CC(C)(CC)NCC1C(C)C. The predicted molar refractivity (Wildman–Crippen MR) is 76.3 cm³/mol. The minimum atomic E-state index is 0.307. The van der Waals surface area contributed by atoms with Gasteiger partial charge in [-0.15, -0.1) is 0 Å². The lowest BCUT2D eigenvalue weighted by atomic mass is 9.90. The number of hydrogen-bond acceptors (Lipinski definition) is 2. The monoisotopic (exact) mass is 238 g/mol. The van der Waals surface area contributed by atoms with Crippen LogP contribution in [0.25, 0.3) is 0 Å². The average Bonchev–Trinajstić information content (AvgIpc) is 2.29. The first-order valence-electron chi connectivity index (χ1n) is 7.12. The highest BCUT2D eigenvalue weighted by Gasteiger charge is 2.35. The van der Waals surface area contributed by atoms with Crippen molar-refractivity contribution in [3.05, 3.63) is 12.2 Å². The molecule has 2 atom stereocenters. The molecule has 0 aliphatic carbocycles. The van der Waals surface area contributed by atoms with Crippen LogP contribution < -0.4 is 5.32 Å². The van der Waals surface area contributed by atoms with Gasteiger partial charge in [-0.05, 0) is 32.6 Å². The summed E-state index contributed by atoms with van der Waals surface area (Å²) < 4.78 is 0. The summed E-state index contributed by atoms with van der Waals surface area (Å²) in [6.07, 6.45) is 6.83. The number of allylic oxidation sites excluding steroid dienone is 1. The van der Waals surface area contributed by atoms with Crippen LogP contribution in [0.2, 0.25) is 0 Å². The van der Waals surface area contributed by atoms with E-state index in [-0.39, 0.29) is 0 Å². The van der Waals surface area contributed by atoms with Gasteiger partial charge in [-0.25, -0.2) is 0 Å². The van der Waals surface area contributed by atoms with Crippen LogP contribution in [0, 0.1) is 5.92 Å². The quantitative estimate of drug-likeness (QED) is 0.741. The van der Waals surface area contributed by atoms with Crippen LogP contribution in [0.4, 0.5) is 0 Å². The summed E-state index contributed by atoms with van der Waals surface area (Å²) in [6.45, 7) is 14.9. The van der Waals surface area contributed by atoms with Crippen molar-refractivity contribution in [2.24, 2.45) is 5.92 Å². The van der Waals surface area contributed by atoms with E-state index in [1.807, 2.05) is 0 Å². The molecule has 0 aromatic heterocycles. The second-order valence-corrected chi connectivity index (χ2v) is 5.93. The third-order valence-corrected chi connectivity index (χ3v) is 4.13. The molecule has 1 aliphatic rings. The summed E-state index contributed by atoms with van der Waals surface area (Å²) in [6, 6.07) is 0.694. The van der Waals surface area contributed by atoms with Crippen molar-refractivity contribution in [3.8, 4) is 0 Å². The molecule has 1 fully saturated rings. The van der Waals surface area contributed by atoms with Gasteiger partial charge in [0.25, 0.3) is 0 Å². The summed E-state index contributed by atoms with van der Waals surface area (Å²) in [5.74, 6) is 0.731. The van der Waals surface area contributed by atoms with Crippen molar-refractivity contribution in [1.29, 1.82) is 0 Å². The molecule has 0 bridgehead atoms. The van der Waals surface area contributed by atoms with E-state index in [1.165, 1.54) is 25.9 Å². The van der Waals surface area contributed by atoms with Gasteiger partial charge in [0.1, 0.15) is 0 Å². The van der Waals surface area contributed by atoms with Crippen LogP contribution in [0.3, 0.4) is 0 Å². The van der Waals surface area contributed by atoms with Crippen molar-refractivity contribution in [2.45, 2.75) is 59.0 Å². The lowest BCUT2D eigenvalue weighted by Gasteiger charge is -2.47. The Morgan fingerprint density at radius 1 is 1.47 bits per heavy atom. The van der Waals surface area contributed by atoms with E-state index in [1.54, 1.807) is 0 Å². The van der Waals surface area contributed by atoms with Crippen LogP contribution in [-0.4, -0.2) is 36.1 Å². The summed E-state index contributed by atoms with van der Waals surface area (Å²) >= 11 is 0. The second kappa shape index (κ2) is 6.55. The molecular formula is C15H30N2. The van der Waals surface area contributed by atoms with Crippen molar-refractivity contribution >= 4 is 0 Å². The van der Waals surface area contributed by atoms with Gasteiger partial charge in [-0.1, -0.05) is 32.9 Å². The van der Waals surface area contributed by atoms with E-state index in [4.69, 9.17) is 0 Å². The maximum Gasteiger partial charge on any atom is 0.0278 e.